The van der Waals surface area contributed by atoms with Gasteiger partial charge < -0.3 is 4.74 Å². The molecule has 0 spiro atoms. The molecule has 4 nitrogen and oxygen atoms in total. The van der Waals surface area contributed by atoms with Crippen LogP contribution in [0, 0.1) is 6.92 Å². The SMILES string of the molecule is Cc1cc(CCl)nc(C2CN3CCCC3CO2)n1. The van der Waals surface area contributed by atoms with Crippen LogP contribution < -0.4 is 0 Å². The van der Waals surface area contributed by atoms with E-state index in [9.17, 15) is 0 Å². The number of hydrogen-bond donors (Lipinski definition) is 0. The average molecular weight is 268 g/mol. The van der Waals surface area contributed by atoms with Crippen LogP contribution in [0.5, 0.6) is 0 Å². The maximum atomic E-state index is 5.92. The summed E-state index contributed by atoms with van der Waals surface area (Å²) < 4.78 is 5.92. The Kier molecular flexibility index (Phi) is 3.50. The van der Waals surface area contributed by atoms with Gasteiger partial charge in [-0.1, -0.05) is 0 Å². The molecule has 2 fully saturated rings. The number of morpholine rings is 1. The highest BCUT2D eigenvalue weighted by Crippen LogP contribution is 2.28. The van der Waals surface area contributed by atoms with Gasteiger partial charge in [0.2, 0.25) is 0 Å². The Bertz CT molecular complexity index is 440. The molecule has 2 aliphatic rings. The van der Waals surface area contributed by atoms with Crippen molar-refractivity contribution in [3.63, 3.8) is 0 Å². The zero-order valence-corrected chi connectivity index (χ0v) is 11.4. The first-order chi connectivity index (χ1) is 8.76. The van der Waals surface area contributed by atoms with Crippen molar-refractivity contribution >= 4 is 11.6 Å². The van der Waals surface area contributed by atoms with Gasteiger partial charge in [0.25, 0.3) is 0 Å². The summed E-state index contributed by atoms with van der Waals surface area (Å²) in [6.45, 7) is 4.87. The molecule has 0 amide bonds. The molecular weight excluding hydrogens is 250 g/mol. The molecule has 0 radical (unpaired) electrons. The highest BCUT2D eigenvalue weighted by molar-refractivity contribution is 6.16. The van der Waals surface area contributed by atoms with E-state index in [1.165, 1.54) is 19.4 Å². The molecule has 2 aliphatic heterocycles. The lowest BCUT2D eigenvalue weighted by atomic mass is 10.2. The van der Waals surface area contributed by atoms with Crippen molar-refractivity contribution in [3.05, 3.63) is 23.3 Å². The number of aryl methyl sites for hydroxylation is 1. The number of alkyl halides is 1. The number of rotatable bonds is 2. The number of hydrogen-bond acceptors (Lipinski definition) is 4. The first-order valence-electron chi connectivity index (χ1n) is 6.52. The second-order valence-electron chi connectivity index (χ2n) is 5.11. The average Bonchev–Trinajstić information content (AvgIpc) is 2.85. The third kappa shape index (κ3) is 2.37. The molecule has 98 valence electrons. The highest BCUT2D eigenvalue weighted by Gasteiger charge is 2.34. The van der Waals surface area contributed by atoms with Gasteiger partial charge in [-0.2, -0.15) is 0 Å². The first-order valence-corrected chi connectivity index (χ1v) is 7.06. The minimum atomic E-state index is 0.00113. The molecule has 0 saturated carbocycles. The summed E-state index contributed by atoms with van der Waals surface area (Å²) in [6.07, 6.45) is 2.54. The molecule has 0 aromatic carbocycles. The molecule has 1 aromatic rings. The zero-order valence-electron chi connectivity index (χ0n) is 10.6. The quantitative estimate of drug-likeness (QED) is 0.769. The minimum absolute atomic E-state index is 0.00113. The molecule has 1 aromatic heterocycles. The van der Waals surface area contributed by atoms with Crippen molar-refractivity contribution in [2.45, 2.75) is 37.8 Å². The number of halogens is 1. The molecule has 2 atom stereocenters. The summed E-state index contributed by atoms with van der Waals surface area (Å²) in [4.78, 5) is 11.5. The monoisotopic (exact) mass is 267 g/mol. The van der Waals surface area contributed by atoms with Gasteiger partial charge in [0.15, 0.2) is 5.82 Å². The Balaban J connectivity index is 1.80. The Hall–Kier alpha value is -0.710. The third-order valence-electron chi connectivity index (χ3n) is 3.74. The van der Waals surface area contributed by atoms with Gasteiger partial charge in [-0.25, -0.2) is 9.97 Å². The van der Waals surface area contributed by atoms with Crippen LogP contribution in [0.1, 0.15) is 36.2 Å². The maximum Gasteiger partial charge on any atom is 0.158 e. The van der Waals surface area contributed by atoms with Gasteiger partial charge in [-0.05, 0) is 32.4 Å². The lowest BCUT2D eigenvalue weighted by molar-refractivity contribution is -0.0542. The van der Waals surface area contributed by atoms with E-state index in [1.54, 1.807) is 0 Å². The van der Waals surface area contributed by atoms with Gasteiger partial charge in [-0.3, -0.25) is 4.90 Å². The molecule has 0 aliphatic carbocycles. The molecule has 0 bridgehead atoms. The summed E-state index contributed by atoms with van der Waals surface area (Å²) >= 11 is 5.86. The standard InChI is InChI=1S/C13H18ClN3O/c1-9-5-10(6-14)16-13(15-9)12-7-17-4-2-3-11(17)8-18-12/h5,11-12H,2-4,6-8H2,1H3. The second-order valence-corrected chi connectivity index (χ2v) is 5.37. The number of aromatic nitrogens is 2. The molecular formula is C13H18ClN3O. The van der Waals surface area contributed by atoms with Gasteiger partial charge in [0, 0.05) is 18.3 Å². The molecule has 2 unspecified atom stereocenters. The smallest absolute Gasteiger partial charge is 0.158 e. The first kappa shape index (κ1) is 12.3. The molecule has 18 heavy (non-hydrogen) atoms. The largest absolute Gasteiger partial charge is 0.367 e. The van der Waals surface area contributed by atoms with E-state index in [2.05, 4.69) is 14.9 Å². The highest BCUT2D eigenvalue weighted by atomic mass is 35.5. The zero-order chi connectivity index (χ0) is 12.5. The summed E-state index contributed by atoms with van der Waals surface area (Å²) in [7, 11) is 0. The number of nitrogens with zero attached hydrogens (tertiary/aromatic N) is 3. The van der Waals surface area contributed by atoms with E-state index in [-0.39, 0.29) is 6.10 Å². The van der Waals surface area contributed by atoms with Gasteiger partial charge in [0.05, 0.1) is 18.2 Å². The van der Waals surface area contributed by atoms with Crippen molar-refractivity contribution < 1.29 is 4.74 Å². The minimum Gasteiger partial charge on any atom is -0.367 e. The van der Waals surface area contributed by atoms with E-state index in [4.69, 9.17) is 16.3 Å². The van der Waals surface area contributed by atoms with Crippen LogP contribution in [0.3, 0.4) is 0 Å². The normalized spacial score (nSPS) is 28.3. The van der Waals surface area contributed by atoms with E-state index < -0.39 is 0 Å². The molecule has 3 rings (SSSR count). The summed E-state index contributed by atoms with van der Waals surface area (Å²) in [6, 6.07) is 2.54. The van der Waals surface area contributed by atoms with E-state index >= 15 is 0 Å². The van der Waals surface area contributed by atoms with Crippen molar-refractivity contribution in [2.24, 2.45) is 0 Å². The predicted octanol–water partition coefficient (Wildman–Crippen LogP) is 2.06. The lowest BCUT2D eigenvalue weighted by Crippen LogP contribution is -2.42. The molecule has 3 heterocycles. The fourth-order valence-electron chi connectivity index (χ4n) is 2.84. The van der Waals surface area contributed by atoms with Crippen molar-refractivity contribution in [1.29, 1.82) is 0 Å². The van der Waals surface area contributed by atoms with Crippen LogP contribution in [0.25, 0.3) is 0 Å². The Morgan fingerprint density at radius 1 is 1.50 bits per heavy atom. The molecule has 0 N–H and O–H groups in total. The Morgan fingerprint density at radius 2 is 2.39 bits per heavy atom. The summed E-state index contributed by atoms with van der Waals surface area (Å²) in [5.74, 6) is 1.21. The van der Waals surface area contributed by atoms with Crippen molar-refractivity contribution in [1.82, 2.24) is 14.9 Å². The van der Waals surface area contributed by atoms with Crippen LogP contribution in [0.2, 0.25) is 0 Å². The number of ether oxygens (including phenoxy) is 1. The van der Waals surface area contributed by atoms with E-state index in [0.29, 0.717) is 11.9 Å². The van der Waals surface area contributed by atoms with Crippen LogP contribution in [-0.2, 0) is 10.6 Å². The number of fused-ring (bicyclic) bond motifs is 1. The third-order valence-corrected chi connectivity index (χ3v) is 4.01. The fourth-order valence-corrected chi connectivity index (χ4v) is 2.98. The van der Waals surface area contributed by atoms with E-state index in [0.717, 1.165) is 30.4 Å². The van der Waals surface area contributed by atoms with Crippen LogP contribution >= 0.6 is 11.6 Å². The maximum absolute atomic E-state index is 5.92. The topological polar surface area (TPSA) is 38.2 Å². The Morgan fingerprint density at radius 3 is 3.22 bits per heavy atom. The molecule has 2 saturated heterocycles. The second kappa shape index (κ2) is 5.11. The summed E-state index contributed by atoms with van der Waals surface area (Å²) in [5.41, 5.74) is 1.84. The van der Waals surface area contributed by atoms with Crippen LogP contribution in [-0.4, -0.2) is 40.6 Å². The van der Waals surface area contributed by atoms with Crippen molar-refractivity contribution in [3.8, 4) is 0 Å². The summed E-state index contributed by atoms with van der Waals surface area (Å²) in [5, 5.41) is 0. The van der Waals surface area contributed by atoms with Crippen LogP contribution in [0.4, 0.5) is 0 Å². The lowest BCUT2D eigenvalue weighted by Gasteiger charge is -2.34. The fraction of sp³-hybridized carbons (Fsp3) is 0.692. The van der Waals surface area contributed by atoms with Crippen molar-refractivity contribution in [2.75, 3.05) is 19.7 Å². The Labute approximate surface area is 112 Å². The van der Waals surface area contributed by atoms with Gasteiger partial charge in [-0.15, -0.1) is 11.6 Å². The van der Waals surface area contributed by atoms with Gasteiger partial charge >= 0.3 is 0 Å². The van der Waals surface area contributed by atoms with E-state index in [1.807, 2.05) is 13.0 Å². The predicted molar refractivity (Wildman–Crippen MR) is 69.6 cm³/mol. The molecule has 5 heteroatoms. The van der Waals surface area contributed by atoms with Crippen LogP contribution in [0.15, 0.2) is 6.07 Å². The van der Waals surface area contributed by atoms with Gasteiger partial charge in [0.1, 0.15) is 6.10 Å².